The second-order valence-electron chi connectivity index (χ2n) is 3.85. The Balaban J connectivity index is 2.78. The lowest BCUT2D eigenvalue weighted by Gasteiger charge is -2.13. The number of hydrogen-bond donors (Lipinski definition) is 3. The van der Waals surface area contributed by atoms with Crippen LogP contribution in [-0.4, -0.2) is 36.7 Å². The molecule has 0 saturated heterocycles. The van der Waals surface area contributed by atoms with Crippen LogP contribution in [-0.2, 0) is 9.53 Å². The molecule has 7 heteroatoms. The first-order valence-corrected chi connectivity index (χ1v) is 5.91. The van der Waals surface area contributed by atoms with E-state index in [2.05, 4.69) is 5.32 Å². The van der Waals surface area contributed by atoms with Gasteiger partial charge in [-0.1, -0.05) is 11.6 Å². The molecule has 1 atom stereocenters. The summed E-state index contributed by atoms with van der Waals surface area (Å²) in [6, 6.07) is 4.07. The first-order valence-electron chi connectivity index (χ1n) is 5.53. The topological polar surface area (TPSA) is 102 Å². The number of hydrogen-bond acceptors (Lipinski definition) is 4. The van der Waals surface area contributed by atoms with Gasteiger partial charge in [0.05, 0.1) is 28.8 Å². The van der Waals surface area contributed by atoms with Gasteiger partial charge in [-0.3, -0.25) is 4.79 Å². The molecule has 4 N–H and O–H groups in total. The Morgan fingerprint density at radius 2 is 2.21 bits per heavy atom. The fourth-order valence-electron chi connectivity index (χ4n) is 1.43. The number of carbonyl (C=O) groups is 2. The molecule has 6 nitrogen and oxygen atoms in total. The van der Waals surface area contributed by atoms with Gasteiger partial charge in [-0.25, -0.2) is 4.79 Å². The van der Waals surface area contributed by atoms with Crippen LogP contribution in [0.3, 0.4) is 0 Å². The summed E-state index contributed by atoms with van der Waals surface area (Å²) >= 11 is 5.89. The maximum absolute atomic E-state index is 11.7. The van der Waals surface area contributed by atoms with E-state index in [4.69, 9.17) is 27.2 Å². The van der Waals surface area contributed by atoms with Crippen LogP contribution in [0.2, 0.25) is 5.02 Å². The summed E-state index contributed by atoms with van der Waals surface area (Å²) < 4.78 is 4.99. The fraction of sp³-hybridized carbons (Fsp3) is 0.333. The van der Waals surface area contributed by atoms with Gasteiger partial charge in [-0.05, 0) is 18.2 Å². The molecular weight excluding hydrogens is 272 g/mol. The Labute approximate surface area is 115 Å². The largest absolute Gasteiger partial charge is 0.478 e. The van der Waals surface area contributed by atoms with Crippen molar-refractivity contribution in [2.24, 2.45) is 5.73 Å². The van der Waals surface area contributed by atoms with Crippen molar-refractivity contribution in [3.05, 3.63) is 28.8 Å². The molecule has 19 heavy (non-hydrogen) atoms. The SMILES string of the molecule is COC(CN)CC(=O)Nc1cc(C(=O)O)ccc1Cl. The van der Waals surface area contributed by atoms with Gasteiger partial charge >= 0.3 is 5.97 Å². The van der Waals surface area contributed by atoms with Gasteiger partial charge in [0.2, 0.25) is 5.91 Å². The van der Waals surface area contributed by atoms with Crippen LogP contribution in [0, 0.1) is 0 Å². The van der Waals surface area contributed by atoms with E-state index >= 15 is 0 Å². The average molecular weight is 287 g/mol. The van der Waals surface area contributed by atoms with Crippen LogP contribution in [0.15, 0.2) is 18.2 Å². The lowest BCUT2D eigenvalue weighted by atomic mass is 10.2. The lowest BCUT2D eigenvalue weighted by Crippen LogP contribution is -2.28. The minimum Gasteiger partial charge on any atom is -0.478 e. The molecule has 0 bridgehead atoms. The van der Waals surface area contributed by atoms with Gasteiger partial charge in [0, 0.05) is 13.7 Å². The third-order valence-electron chi connectivity index (χ3n) is 2.50. The molecule has 1 rings (SSSR count). The van der Waals surface area contributed by atoms with Crippen LogP contribution >= 0.6 is 11.6 Å². The highest BCUT2D eigenvalue weighted by atomic mass is 35.5. The minimum absolute atomic E-state index is 0.0433. The number of carbonyl (C=O) groups excluding carboxylic acids is 1. The zero-order valence-corrected chi connectivity index (χ0v) is 11.1. The van der Waals surface area contributed by atoms with E-state index in [9.17, 15) is 9.59 Å². The summed E-state index contributed by atoms with van der Waals surface area (Å²) in [4.78, 5) is 22.5. The van der Waals surface area contributed by atoms with E-state index in [1.54, 1.807) is 0 Å². The van der Waals surface area contributed by atoms with Crippen molar-refractivity contribution < 1.29 is 19.4 Å². The van der Waals surface area contributed by atoms with Gasteiger partial charge in [0.15, 0.2) is 0 Å². The number of ether oxygens (including phenoxy) is 1. The molecule has 0 aliphatic heterocycles. The summed E-state index contributed by atoms with van der Waals surface area (Å²) in [5, 5.41) is 11.7. The van der Waals surface area contributed by atoms with E-state index in [0.717, 1.165) is 0 Å². The first-order chi connectivity index (χ1) is 8.97. The standard InChI is InChI=1S/C12H15ClN2O4/c1-19-8(6-14)5-11(16)15-10-4-7(12(17)18)2-3-9(10)13/h2-4,8H,5-6,14H2,1H3,(H,15,16)(H,17,18). The van der Waals surface area contributed by atoms with E-state index in [1.165, 1.54) is 25.3 Å². The second-order valence-corrected chi connectivity index (χ2v) is 4.25. The maximum Gasteiger partial charge on any atom is 0.335 e. The van der Waals surface area contributed by atoms with Crippen LogP contribution in [0.25, 0.3) is 0 Å². The van der Waals surface area contributed by atoms with Crippen molar-refractivity contribution in [3.8, 4) is 0 Å². The molecule has 1 unspecified atom stereocenters. The highest BCUT2D eigenvalue weighted by molar-refractivity contribution is 6.33. The molecule has 104 valence electrons. The maximum atomic E-state index is 11.7. The predicted molar refractivity (Wildman–Crippen MR) is 71.5 cm³/mol. The van der Waals surface area contributed by atoms with Crippen molar-refractivity contribution in [2.75, 3.05) is 19.0 Å². The molecular formula is C12H15ClN2O4. The minimum atomic E-state index is -1.09. The molecule has 1 amide bonds. The zero-order chi connectivity index (χ0) is 14.4. The molecule has 0 aromatic heterocycles. The normalized spacial score (nSPS) is 11.9. The smallest absolute Gasteiger partial charge is 0.335 e. The first kappa shape index (κ1) is 15.4. The summed E-state index contributed by atoms with van der Waals surface area (Å²) in [5.41, 5.74) is 5.70. The number of nitrogens with one attached hydrogen (secondary N) is 1. The summed E-state index contributed by atoms with van der Waals surface area (Å²) in [7, 11) is 1.46. The molecule has 1 aromatic rings. The van der Waals surface area contributed by atoms with Crippen LogP contribution in [0.4, 0.5) is 5.69 Å². The highest BCUT2D eigenvalue weighted by Crippen LogP contribution is 2.23. The number of rotatable bonds is 6. The van der Waals surface area contributed by atoms with Gasteiger partial charge in [-0.2, -0.15) is 0 Å². The third-order valence-corrected chi connectivity index (χ3v) is 2.83. The Hall–Kier alpha value is -1.63. The van der Waals surface area contributed by atoms with Crippen LogP contribution in [0.5, 0.6) is 0 Å². The quantitative estimate of drug-likeness (QED) is 0.732. The number of nitrogens with two attached hydrogens (primary N) is 1. The average Bonchev–Trinajstić information content (AvgIpc) is 2.38. The van der Waals surface area contributed by atoms with E-state index in [0.29, 0.717) is 0 Å². The third kappa shape index (κ3) is 4.51. The van der Waals surface area contributed by atoms with Gasteiger partial charge in [0.25, 0.3) is 0 Å². The van der Waals surface area contributed by atoms with E-state index < -0.39 is 5.97 Å². The van der Waals surface area contributed by atoms with Crippen molar-refractivity contribution >= 4 is 29.2 Å². The number of carboxylic acid groups (broad SMARTS) is 1. The molecule has 0 aliphatic rings. The number of carboxylic acids is 1. The van der Waals surface area contributed by atoms with Crippen molar-refractivity contribution in [3.63, 3.8) is 0 Å². The molecule has 0 aliphatic carbocycles. The van der Waals surface area contributed by atoms with Gasteiger partial charge in [-0.15, -0.1) is 0 Å². The zero-order valence-electron chi connectivity index (χ0n) is 10.4. The molecule has 0 saturated carbocycles. The molecule has 1 aromatic carbocycles. The number of benzene rings is 1. The van der Waals surface area contributed by atoms with E-state index in [1.807, 2.05) is 0 Å². The number of halogens is 1. The van der Waals surface area contributed by atoms with Crippen molar-refractivity contribution in [2.45, 2.75) is 12.5 Å². The molecule has 0 heterocycles. The summed E-state index contributed by atoms with van der Waals surface area (Å²) in [6.07, 6.45) is -0.317. The number of methoxy groups -OCH3 is 1. The fourth-order valence-corrected chi connectivity index (χ4v) is 1.59. The number of anilines is 1. The number of aromatic carboxylic acids is 1. The van der Waals surface area contributed by atoms with E-state index in [-0.39, 0.29) is 41.3 Å². The molecule has 0 radical (unpaired) electrons. The molecule has 0 fully saturated rings. The Bertz CT molecular complexity index is 475. The summed E-state index contributed by atoms with van der Waals surface area (Å²) in [6.45, 7) is 0.215. The monoisotopic (exact) mass is 286 g/mol. The van der Waals surface area contributed by atoms with Gasteiger partial charge in [0.1, 0.15) is 0 Å². The Kier molecular flexibility index (Phi) is 5.75. The predicted octanol–water partition coefficient (Wildman–Crippen LogP) is 1.34. The molecule has 0 spiro atoms. The highest BCUT2D eigenvalue weighted by Gasteiger charge is 2.14. The summed E-state index contributed by atoms with van der Waals surface area (Å²) in [5.74, 6) is -1.44. The Morgan fingerprint density at radius 3 is 2.74 bits per heavy atom. The lowest BCUT2D eigenvalue weighted by molar-refractivity contribution is -0.118. The van der Waals surface area contributed by atoms with Crippen LogP contribution < -0.4 is 11.1 Å². The van der Waals surface area contributed by atoms with Crippen LogP contribution in [0.1, 0.15) is 16.8 Å². The Morgan fingerprint density at radius 1 is 1.53 bits per heavy atom. The van der Waals surface area contributed by atoms with Crippen molar-refractivity contribution in [1.82, 2.24) is 0 Å². The number of amides is 1. The van der Waals surface area contributed by atoms with Gasteiger partial charge < -0.3 is 20.9 Å². The second kappa shape index (κ2) is 7.08. The van der Waals surface area contributed by atoms with Crippen molar-refractivity contribution in [1.29, 1.82) is 0 Å².